The number of hydrogen-bond donors (Lipinski definition) is 2. The number of ether oxygens (including phenoxy) is 3. The molecule has 2 rings (SSSR count). The Balaban J connectivity index is 1.96. The minimum atomic E-state index is -0.469. The summed E-state index contributed by atoms with van der Waals surface area (Å²) in [6.07, 6.45) is 1.18. The van der Waals surface area contributed by atoms with Gasteiger partial charge in [0.1, 0.15) is 0 Å². The first kappa shape index (κ1) is 20.8. The van der Waals surface area contributed by atoms with E-state index in [9.17, 15) is 9.59 Å². The maximum absolute atomic E-state index is 12.4. The fraction of sp³-hybridized carbons (Fsp3) is 0.579. The van der Waals surface area contributed by atoms with Crippen LogP contribution in [0.2, 0.25) is 0 Å². The van der Waals surface area contributed by atoms with E-state index in [0.717, 1.165) is 13.1 Å². The second-order valence-corrected chi connectivity index (χ2v) is 7.06. The zero-order valence-corrected chi connectivity index (χ0v) is 16.6. The number of hydrogen-bond acceptors (Lipinski definition) is 6. The molecule has 0 aromatic heterocycles. The van der Waals surface area contributed by atoms with Gasteiger partial charge in [-0.15, -0.1) is 0 Å². The highest BCUT2D eigenvalue weighted by Crippen LogP contribution is 2.38. The van der Waals surface area contributed by atoms with Crippen molar-refractivity contribution in [2.75, 3.05) is 41.0 Å². The number of amides is 2. The lowest BCUT2D eigenvalue weighted by atomic mass is 9.92. The van der Waals surface area contributed by atoms with Crippen LogP contribution in [0.3, 0.4) is 0 Å². The first-order chi connectivity index (χ1) is 12.9. The molecule has 0 bridgehead atoms. The van der Waals surface area contributed by atoms with Gasteiger partial charge in [0.15, 0.2) is 11.5 Å². The van der Waals surface area contributed by atoms with Crippen LogP contribution in [0, 0.1) is 11.8 Å². The summed E-state index contributed by atoms with van der Waals surface area (Å²) in [6.45, 7) is 6.40. The molecule has 1 fully saturated rings. The van der Waals surface area contributed by atoms with Gasteiger partial charge in [0.25, 0.3) is 11.8 Å². The Morgan fingerprint density at radius 3 is 2.04 bits per heavy atom. The van der Waals surface area contributed by atoms with Crippen LogP contribution in [-0.4, -0.2) is 57.7 Å². The maximum atomic E-state index is 12.4. The molecule has 27 heavy (non-hydrogen) atoms. The van der Waals surface area contributed by atoms with Crippen LogP contribution in [0.25, 0.3) is 0 Å². The zero-order chi connectivity index (χ0) is 20.0. The smallest absolute Gasteiger partial charge is 0.269 e. The molecule has 8 nitrogen and oxygen atoms in total. The molecule has 0 spiro atoms. The highest BCUT2D eigenvalue weighted by molar-refractivity contribution is 5.96. The predicted molar refractivity (Wildman–Crippen MR) is 101 cm³/mol. The third-order valence-corrected chi connectivity index (χ3v) is 4.55. The molecule has 1 heterocycles. The van der Waals surface area contributed by atoms with E-state index in [1.165, 1.54) is 39.9 Å². The second-order valence-electron chi connectivity index (χ2n) is 7.06. The van der Waals surface area contributed by atoms with Crippen LogP contribution in [0.1, 0.15) is 30.6 Å². The Hall–Kier alpha value is -2.48. The molecule has 8 heteroatoms. The molecule has 0 radical (unpaired) electrons. The van der Waals surface area contributed by atoms with E-state index in [-0.39, 0.29) is 18.0 Å². The van der Waals surface area contributed by atoms with Crippen molar-refractivity contribution in [1.29, 1.82) is 0 Å². The van der Waals surface area contributed by atoms with Crippen molar-refractivity contribution in [3.63, 3.8) is 0 Å². The molecule has 0 aliphatic carbocycles. The summed E-state index contributed by atoms with van der Waals surface area (Å²) < 4.78 is 15.7. The molecule has 1 aliphatic rings. The summed E-state index contributed by atoms with van der Waals surface area (Å²) in [6, 6.07) is 3.05. The highest BCUT2D eigenvalue weighted by Gasteiger charge is 2.23. The van der Waals surface area contributed by atoms with Gasteiger partial charge in [-0.05, 0) is 30.4 Å². The van der Waals surface area contributed by atoms with E-state index < -0.39 is 5.91 Å². The topological polar surface area (TPSA) is 89.1 Å². The Morgan fingerprint density at radius 1 is 1.00 bits per heavy atom. The third-order valence-electron chi connectivity index (χ3n) is 4.55. The average molecular weight is 379 g/mol. The van der Waals surface area contributed by atoms with Gasteiger partial charge in [-0.1, -0.05) is 13.8 Å². The van der Waals surface area contributed by atoms with Crippen molar-refractivity contribution >= 4 is 11.8 Å². The van der Waals surface area contributed by atoms with Crippen LogP contribution >= 0.6 is 0 Å². The predicted octanol–water partition coefficient (Wildman–Crippen LogP) is 1.45. The van der Waals surface area contributed by atoms with Gasteiger partial charge in [-0.25, -0.2) is 0 Å². The molecular formula is C19H29N3O5. The minimum Gasteiger partial charge on any atom is -0.493 e. The largest absolute Gasteiger partial charge is 0.493 e. The molecule has 1 aliphatic heterocycles. The molecule has 2 atom stereocenters. The summed E-state index contributed by atoms with van der Waals surface area (Å²) in [5, 5.41) is 0. The lowest BCUT2D eigenvalue weighted by molar-refractivity contribution is -0.123. The van der Waals surface area contributed by atoms with Crippen molar-refractivity contribution in [2.24, 2.45) is 11.8 Å². The van der Waals surface area contributed by atoms with Gasteiger partial charge in [0, 0.05) is 18.7 Å². The van der Waals surface area contributed by atoms with Gasteiger partial charge in [-0.3, -0.25) is 25.3 Å². The number of likely N-dealkylation sites (tertiary alicyclic amines) is 1. The van der Waals surface area contributed by atoms with Crippen LogP contribution in [-0.2, 0) is 4.79 Å². The molecule has 150 valence electrons. The number of carbonyl (C=O) groups is 2. The van der Waals surface area contributed by atoms with E-state index in [1.807, 2.05) is 0 Å². The number of piperidine rings is 1. The Kier molecular flexibility index (Phi) is 7.29. The molecule has 2 amide bonds. The van der Waals surface area contributed by atoms with E-state index in [2.05, 4.69) is 29.6 Å². The standard InChI is InChI=1S/C19H29N3O5/c1-12-6-13(2)10-22(9-12)11-17(23)20-21-19(24)14-7-15(25-3)18(27-5)16(8-14)26-4/h7-8,12-13H,6,9-11H2,1-5H3,(H,20,23)(H,21,24)/t12-,13-/m1/s1. The van der Waals surface area contributed by atoms with Crippen molar-refractivity contribution in [2.45, 2.75) is 20.3 Å². The lowest BCUT2D eigenvalue weighted by Crippen LogP contribution is -2.49. The van der Waals surface area contributed by atoms with Crippen molar-refractivity contribution in [3.8, 4) is 17.2 Å². The summed E-state index contributed by atoms with van der Waals surface area (Å²) in [4.78, 5) is 26.7. The van der Waals surface area contributed by atoms with Crippen LogP contribution in [0.15, 0.2) is 12.1 Å². The average Bonchev–Trinajstić information content (AvgIpc) is 2.63. The first-order valence-electron chi connectivity index (χ1n) is 8.99. The Morgan fingerprint density at radius 2 is 1.56 bits per heavy atom. The van der Waals surface area contributed by atoms with Gasteiger partial charge in [0.05, 0.1) is 27.9 Å². The number of rotatable bonds is 6. The normalized spacial score (nSPS) is 19.9. The summed E-state index contributed by atoms with van der Waals surface area (Å²) in [5.41, 5.74) is 5.18. The van der Waals surface area contributed by atoms with E-state index in [4.69, 9.17) is 14.2 Å². The number of benzene rings is 1. The second kappa shape index (κ2) is 9.45. The molecule has 2 N–H and O–H groups in total. The summed E-state index contributed by atoms with van der Waals surface area (Å²) >= 11 is 0. The van der Waals surface area contributed by atoms with Crippen molar-refractivity contribution in [3.05, 3.63) is 17.7 Å². The molecular weight excluding hydrogens is 350 g/mol. The number of hydrazine groups is 1. The van der Waals surface area contributed by atoms with Gasteiger partial charge >= 0.3 is 0 Å². The highest BCUT2D eigenvalue weighted by atomic mass is 16.5. The number of methoxy groups -OCH3 is 3. The SMILES string of the molecule is COc1cc(C(=O)NNC(=O)CN2C[C@H](C)C[C@@H](C)C2)cc(OC)c1OC. The van der Waals surface area contributed by atoms with Crippen LogP contribution in [0.5, 0.6) is 17.2 Å². The fourth-order valence-corrected chi connectivity index (χ4v) is 3.57. The van der Waals surface area contributed by atoms with Gasteiger partial charge in [-0.2, -0.15) is 0 Å². The molecule has 0 unspecified atom stereocenters. The van der Waals surface area contributed by atoms with E-state index in [1.54, 1.807) is 0 Å². The van der Waals surface area contributed by atoms with Crippen molar-refractivity contribution < 1.29 is 23.8 Å². The third kappa shape index (κ3) is 5.50. The van der Waals surface area contributed by atoms with Gasteiger partial charge < -0.3 is 14.2 Å². The van der Waals surface area contributed by atoms with E-state index >= 15 is 0 Å². The minimum absolute atomic E-state index is 0.253. The summed E-state index contributed by atoms with van der Waals surface area (Å²) in [5.74, 6) is 1.54. The van der Waals surface area contributed by atoms with Gasteiger partial charge in [0.2, 0.25) is 5.75 Å². The molecule has 1 aromatic rings. The number of nitrogens with one attached hydrogen (secondary N) is 2. The van der Waals surface area contributed by atoms with Crippen LogP contribution < -0.4 is 25.1 Å². The van der Waals surface area contributed by atoms with Crippen LogP contribution in [0.4, 0.5) is 0 Å². The number of nitrogens with zero attached hydrogens (tertiary/aromatic N) is 1. The van der Waals surface area contributed by atoms with E-state index in [0.29, 0.717) is 29.1 Å². The molecule has 1 saturated heterocycles. The monoisotopic (exact) mass is 379 g/mol. The molecule has 0 saturated carbocycles. The van der Waals surface area contributed by atoms with Crippen molar-refractivity contribution in [1.82, 2.24) is 15.8 Å². The quantitative estimate of drug-likeness (QED) is 0.728. The molecule has 1 aromatic carbocycles. The fourth-order valence-electron chi connectivity index (χ4n) is 3.57. The lowest BCUT2D eigenvalue weighted by Gasteiger charge is -2.34. The maximum Gasteiger partial charge on any atom is 0.269 e. The Labute approximate surface area is 160 Å². The number of carbonyl (C=O) groups excluding carboxylic acids is 2. The first-order valence-corrected chi connectivity index (χ1v) is 8.99. The Bertz CT molecular complexity index is 644. The summed E-state index contributed by atoms with van der Waals surface area (Å²) in [7, 11) is 4.44. The zero-order valence-electron chi connectivity index (χ0n) is 16.6.